The van der Waals surface area contributed by atoms with Gasteiger partial charge in [-0.1, -0.05) is 52.4 Å². The minimum Gasteiger partial charge on any atom is -1.00 e. The van der Waals surface area contributed by atoms with E-state index in [0.717, 1.165) is 12.8 Å². The number of hydrogen-bond acceptors (Lipinski definition) is 0. The molecule has 116 valence electrons. The molecule has 0 spiro atoms. The van der Waals surface area contributed by atoms with Crippen molar-refractivity contribution in [3.8, 4) is 0 Å². The summed E-state index contributed by atoms with van der Waals surface area (Å²) in [7, 11) is 0. The van der Waals surface area contributed by atoms with Gasteiger partial charge in [-0.3, -0.25) is 12.2 Å². The maximum Gasteiger partial charge on any atom is 4.00 e. The molecule has 0 bridgehead atoms. The summed E-state index contributed by atoms with van der Waals surface area (Å²) in [5.41, 5.74) is 2.80. The second-order valence-electron chi connectivity index (χ2n) is 5.10. The molecule has 0 heterocycles. The normalized spacial score (nSPS) is 17.1. The molecule has 0 aromatic carbocycles. The van der Waals surface area contributed by atoms with Crippen LogP contribution in [0.1, 0.15) is 53.4 Å². The van der Waals surface area contributed by atoms with E-state index in [9.17, 15) is 0 Å². The third kappa shape index (κ3) is 10.2. The van der Waals surface area contributed by atoms with E-state index in [-0.39, 0.29) is 60.2 Å². The summed E-state index contributed by atoms with van der Waals surface area (Å²) in [5.74, 6) is 1.42. The van der Waals surface area contributed by atoms with Crippen LogP contribution in [-0.4, -0.2) is 0 Å². The standard InChI is InChI=1S/2C9H13.2BrH.Zr/c2*1-3-8(2)9-6-4-5-7-9;;;/h2*4,6,8H,3,5H2,1-2H3;2*1H;/q2*-1;;;+4/p-2. The third-order valence-corrected chi connectivity index (χ3v) is 3.73. The van der Waals surface area contributed by atoms with Crippen LogP contribution in [0.15, 0.2) is 35.5 Å². The van der Waals surface area contributed by atoms with Gasteiger partial charge in [-0.15, -0.1) is 12.8 Å². The van der Waals surface area contributed by atoms with Crippen molar-refractivity contribution in [3.63, 3.8) is 0 Å². The zero-order chi connectivity index (χ0) is 13.4. The SMILES string of the molecule is CCC(C)C1=[C-]CC=C1.CCC(C)C1=[C-]CC=C1.[Br-].[Br-].[Zr+4]. The molecule has 0 saturated carbocycles. The van der Waals surface area contributed by atoms with Crippen LogP contribution < -0.4 is 34.0 Å². The fourth-order valence-corrected chi connectivity index (χ4v) is 1.96. The van der Waals surface area contributed by atoms with E-state index in [0.29, 0.717) is 11.8 Å². The van der Waals surface area contributed by atoms with Crippen LogP contribution in [0.4, 0.5) is 0 Å². The Morgan fingerprint density at radius 2 is 1.19 bits per heavy atom. The molecular weight excluding hydrogens is 467 g/mol. The van der Waals surface area contributed by atoms with Crippen LogP contribution in [0.2, 0.25) is 0 Å². The van der Waals surface area contributed by atoms with Crippen LogP contribution in [0.3, 0.4) is 0 Å². The molecule has 0 aliphatic heterocycles. The van der Waals surface area contributed by atoms with Gasteiger partial charge in [0, 0.05) is 0 Å². The van der Waals surface area contributed by atoms with Crippen molar-refractivity contribution in [2.75, 3.05) is 0 Å². The Labute approximate surface area is 171 Å². The summed E-state index contributed by atoms with van der Waals surface area (Å²) in [4.78, 5) is 0. The first-order valence-electron chi connectivity index (χ1n) is 7.23. The quantitative estimate of drug-likeness (QED) is 0.462. The number of halogens is 2. The number of hydrogen-bond donors (Lipinski definition) is 0. The van der Waals surface area contributed by atoms with E-state index in [1.54, 1.807) is 0 Å². The first-order chi connectivity index (χ1) is 8.69. The van der Waals surface area contributed by atoms with E-state index < -0.39 is 0 Å². The molecule has 0 N–H and O–H groups in total. The maximum atomic E-state index is 3.31. The van der Waals surface area contributed by atoms with Crippen molar-refractivity contribution in [2.24, 2.45) is 11.8 Å². The molecule has 0 radical (unpaired) electrons. The van der Waals surface area contributed by atoms with Crippen molar-refractivity contribution in [3.05, 3.63) is 47.6 Å². The van der Waals surface area contributed by atoms with Gasteiger partial charge in [0.25, 0.3) is 0 Å². The molecule has 2 aliphatic carbocycles. The zero-order valence-electron chi connectivity index (χ0n) is 13.5. The fraction of sp³-hybridized carbons (Fsp3) is 0.556. The number of allylic oxidation sites excluding steroid dienone is 8. The predicted octanol–water partition coefficient (Wildman–Crippen LogP) is -0.551. The topological polar surface area (TPSA) is 0 Å². The monoisotopic (exact) mass is 490 g/mol. The smallest absolute Gasteiger partial charge is 1.00 e. The first kappa shape index (κ1) is 26.7. The molecule has 0 nitrogen and oxygen atoms in total. The largest absolute Gasteiger partial charge is 4.00 e. The average Bonchev–Trinajstić information content (AvgIpc) is 3.09. The predicted molar refractivity (Wildman–Crippen MR) is 79.9 cm³/mol. The van der Waals surface area contributed by atoms with Crippen LogP contribution in [0.25, 0.3) is 0 Å². The van der Waals surface area contributed by atoms with Crippen LogP contribution in [0, 0.1) is 24.0 Å². The molecule has 2 atom stereocenters. The summed E-state index contributed by atoms with van der Waals surface area (Å²) < 4.78 is 0. The Kier molecular flexibility index (Phi) is 19.9. The summed E-state index contributed by atoms with van der Waals surface area (Å²) >= 11 is 0. The van der Waals surface area contributed by atoms with Gasteiger partial charge in [0.05, 0.1) is 0 Å². The molecule has 0 aromatic heterocycles. The Hall–Kier alpha value is 0.803. The van der Waals surface area contributed by atoms with Gasteiger partial charge in [0.1, 0.15) is 0 Å². The summed E-state index contributed by atoms with van der Waals surface area (Å²) in [5, 5.41) is 0. The first-order valence-corrected chi connectivity index (χ1v) is 7.23. The molecule has 2 rings (SSSR count). The van der Waals surface area contributed by atoms with Crippen molar-refractivity contribution in [1.29, 1.82) is 0 Å². The summed E-state index contributed by atoms with van der Waals surface area (Å²) in [6.45, 7) is 8.92. The third-order valence-electron chi connectivity index (χ3n) is 3.73. The Morgan fingerprint density at radius 3 is 1.38 bits per heavy atom. The molecule has 3 heteroatoms. The summed E-state index contributed by atoms with van der Waals surface area (Å²) in [6.07, 6.45) is 19.9. The second-order valence-corrected chi connectivity index (χ2v) is 5.10. The van der Waals surface area contributed by atoms with Crippen LogP contribution >= 0.6 is 0 Å². The van der Waals surface area contributed by atoms with Gasteiger partial charge in [-0.05, 0) is 0 Å². The average molecular weight is 493 g/mol. The molecule has 0 fully saturated rings. The van der Waals surface area contributed by atoms with Gasteiger partial charge in [0.15, 0.2) is 0 Å². The van der Waals surface area contributed by atoms with Gasteiger partial charge < -0.3 is 34.0 Å². The Bertz CT molecular complexity index is 331. The molecule has 21 heavy (non-hydrogen) atoms. The van der Waals surface area contributed by atoms with E-state index in [2.05, 4.69) is 64.2 Å². The minimum atomic E-state index is 0. The van der Waals surface area contributed by atoms with Gasteiger partial charge in [-0.25, -0.2) is 23.3 Å². The number of rotatable bonds is 4. The van der Waals surface area contributed by atoms with Crippen molar-refractivity contribution < 1.29 is 60.2 Å². The van der Waals surface area contributed by atoms with Crippen LogP contribution in [-0.2, 0) is 26.2 Å². The van der Waals surface area contributed by atoms with Gasteiger partial charge >= 0.3 is 26.2 Å². The molecule has 0 amide bonds. The zero-order valence-corrected chi connectivity index (χ0v) is 19.2. The Morgan fingerprint density at radius 1 is 0.857 bits per heavy atom. The molecule has 2 aliphatic rings. The van der Waals surface area contributed by atoms with Crippen molar-refractivity contribution >= 4 is 0 Å². The van der Waals surface area contributed by atoms with Gasteiger partial charge in [-0.2, -0.15) is 12.2 Å². The van der Waals surface area contributed by atoms with E-state index in [4.69, 9.17) is 0 Å². The maximum absolute atomic E-state index is 3.31. The molecule has 2 unspecified atom stereocenters. The van der Waals surface area contributed by atoms with E-state index in [1.165, 1.54) is 24.0 Å². The van der Waals surface area contributed by atoms with Crippen LogP contribution in [0.5, 0.6) is 0 Å². The molecule has 0 aromatic rings. The van der Waals surface area contributed by atoms with Crippen molar-refractivity contribution in [2.45, 2.75) is 53.4 Å². The van der Waals surface area contributed by atoms with Gasteiger partial charge in [0.2, 0.25) is 0 Å². The van der Waals surface area contributed by atoms with E-state index in [1.807, 2.05) is 0 Å². The molecule has 0 saturated heterocycles. The second kappa shape index (κ2) is 15.7. The van der Waals surface area contributed by atoms with E-state index >= 15 is 0 Å². The van der Waals surface area contributed by atoms with Crippen molar-refractivity contribution in [1.82, 2.24) is 0 Å². The Balaban J connectivity index is -0.000000270. The molecular formula is C18H26Br2Zr. The minimum absolute atomic E-state index is 0. The summed E-state index contributed by atoms with van der Waals surface area (Å²) in [6, 6.07) is 0. The fourth-order valence-electron chi connectivity index (χ4n) is 1.96.